The monoisotopic (exact) mass is 725 g/mol. The molecule has 0 bridgehead atoms. The molecule has 4 fully saturated rings. The molecule has 4 amide bonds. The number of oxime groups is 1. The van der Waals surface area contributed by atoms with Gasteiger partial charge in [0.2, 0.25) is 21.8 Å². The van der Waals surface area contributed by atoms with E-state index in [1.807, 2.05) is 42.5 Å². The summed E-state index contributed by atoms with van der Waals surface area (Å²) in [5, 5.41) is 9.59. The molecule has 6 rings (SSSR count). The summed E-state index contributed by atoms with van der Waals surface area (Å²) in [7, 11) is -3.86. The molecule has 1 aromatic rings. The van der Waals surface area contributed by atoms with Crippen molar-refractivity contribution in [3.8, 4) is 0 Å². The number of hydrogen-bond donors (Lipinski definition) is 3. The van der Waals surface area contributed by atoms with Crippen LogP contribution >= 0.6 is 0 Å². The van der Waals surface area contributed by atoms with E-state index in [9.17, 15) is 27.6 Å². The number of rotatable bonds is 10. The Labute approximate surface area is 300 Å². The lowest BCUT2D eigenvalue weighted by molar-refractivity contribution is -0.141. The van der Waals surface area contributed by atoms with Crippen LogP contribution in [0.5, 0.6) is 0 Å². The number of benzene rings is 1. The van der Waals surface area contributed by atoms with Gasteiger partial charge in [0, 0.05) is 12.3 Å². The number of sulfonamides is 1. The minimum absolute atomic E-state index is 0.0264. The minimum Gasteiger partial charge on any atom is -0.446 e. The molecule has 1 saturated heterocycles. The summed E-state index contributed by atoms with van der Waals surface area (Å²) in [6.45, 7) is 4.19. The quantitative estimate of drug-likeness (QED) is 0.184. The Hall–Kier alpha value is -3.94. The number of fused-ring (bicyclic) bond motifs is 2. The second-order valence-electron chi connectivity index (χ2n) is 15.1. The number of hydrogen-bond acceptors (Lipinski definition) is 9. The molecule has 0 radical (unpaired) electrons. The number of alkyl carbamates (subject to hydrolysis) is 1. The molecule has 3 aliphatic carbocycles. The van der Waals surface area contributed by atoms with Crippen LogP contribution in [0.1, 0.15) is 103 Å². The van der Waals surface area contributed by atoms with E-state index in [2.05, 4.69) is 34.4 Å². The van der Waals surface area contributed by atoms with Gasteiger partial charge in [-0.05, 0) is 75.7 Å². The van der Waals surface area contributed by atoms with Crippen LogP contribution in [0.15, 0.2) is 47.6 Å². The van der Waals surface area contributed by atoms with E-state index in [-0.39, 0.29) is 31.4 Å². The standard InChI is InChI=1S/C37H51N5O8S/c1-24(2)20-31(25-12-7-6-8-13-25)40-50-28-21-32-33(43)39-37(35(45)41-51(47,48)29-18-19-29)22-26(37)14-9-4-3-5-10-17-30(34(44)42(32)23-28)38-36(46)49-27-15-11-16-27/h6-9,12-14,24,26-30,32H,3-5,10-11,15-23H2,1-2H3,(H,38,46)(H,39,43)(H,41,45)/b14-9-,40-31+/t26-,28-,30+,32+,37?/m1/s1. The minimum atomic E-state index is -3.86. The Balaban J connectivity index is 1.27. The van der Waals surface area contributed by atoms with Gasteiger partial charge in [-0.25, -0.2) is 13.2 Å². The highest BCUT2D eigenvalue weighted by Gasteiger charge is 2.62. The smallest absolute Gasteiger partial charge is 0.408 e. The number of amides is 4. The van der Waals surface area contributed by atoms with Crippen LogP contribution in [0.2, 0.25) is 0 Å². The van der Waals surface area contributed by atoms with Crippen molar-refractivity contribution in [2.45, 2.75) is 132 Å². The summed E-state index contributed by atoms with van der Waals surface area (Å²) in [4.78, 5) is 62.6. The zero-order valence-electron chi connectivity index (χ0n) is 29.6. The first-order chi connectivity index (χ1) is 24.4. The Morgan fingerprint density at radius 1 is 1.02 bits per heavy atom. The van der Waals surface area contributed by atoms with Crippen LogP contribution in [-0.2, 0) is 34.0 Å². The van der Waals surface area contributed by atoms with E-state index in [0.29, 0.717) is 38.5 Å². The first-order valence-electron chi connectivity index (χ1n) is 18.6. The highest BCUT2D eigenvalue weighted by atomic mass is 32.2. The number of ether oxygens (including phenoxy) is 1. The third-order valence-electron chi connectivity index (χ3n) is 10.5. The number of carbonyl (C=O) groups excluding carboxylic acids is 4. The van der Waals surface area contributed by atoms with Gasteiger partial charge in [0.15, 0.2) is 0 Å². The van der Waals surface area contributed by atoms with Gasteiger partial charge in [0.25, 0.3) is 5.91 Å². The van der Waals surface area contributed by atoms with Gasteiger partial charge in [-0.15, -0.1) is 0 Å². The molecular weight excluding hydrogens is 675 g/mol. The summed E-state index contributed by atoms with van der Waals surface area (Å²) in [5.41, 5.74) is 0.178. The van der Waals surface area contributed by atoms with Gasteiger partial charge >= 0.3 is 6.09 Å². The molecule has 1 unspecified atom stereocenters. The Morgan fingerprint density at radius 2 is 1.78 bits per heavy atom. The van der Waals surface area contributed by atoms with Gasteiger partial charge in [0.1, 0.15) is 29.8 Å². The van der Waals surface area contributed by atoms with E-state index in [1.165, 1.54) is 4.90 Å². The van der Waals surface area contributed by atoms with Crippen LogP contribution in [0, 0.1) is 11.8 Å². The molecule has 5 atom stereocenters. The van der Waals surface area contributed by atoms with Gasteiger partial charge in [-0.2, -0.15) is 0 Å². The fourth-order valence-electron chi connectivity index (χ4n) is 7.02. The second kappa shape index (κ2) is 15.7. The Morgan fingerprint density at radius 3 is 2.47 bits per heavy atom. The molecule has 0 spiro atoms. The third-order valence-corrected chi connectivity index (χ3v) is 12.3. The normalized spacial score (nSPS) is 29.7. The van der Waals surface area contributed by atoms with Crippen molar-refractivity contribution < 1.29 is 37.2 Å². The van der Waals surface area contributed by atoms with Crippen molar-refractivity contribution in [2.75, 3.05) is 6.54 Å². The van der Waals surface area contributed by atoms with Gasteiger partial charge < -0.3 is 25.1 Å². The lowest BCUT2D eigenvalue weighted by Gasteiger charge is -2.30. The number of nitrogens with one attached hydrogen (secondary N) is 3. The topological polar surface area (TPSA) is 173 Å². The van der Waals surface area contributed by atoms with Crippen molar-refractivity contribution >= 4 is 39.5 Å². The summed E-state index contributed by atoms with van der Waals surface area (Å²) < 4.78 is 33.3. The Kier molecular flexibility index (Phi) is 11.4. The molecule has 2 aliphatic heterocycles. The summed E-state index contributed by atoms with van der Waals surface area (Å²) >= 11 is 0. The van der Waals surface area contributed by atoms with Crippen molar-refractivity contribution in [2.24, 2.45) is 17.0 Å². The average molecular weight is 726 g/mol. The molecule has 3 saturated carbocycles. The van der Waals surface area contributed by atoms with Crippen LogP contribution in [0.25, 0.3) is 0 Å². The van der Waals surface area contributed by atoms with E-state index in [1.54, 1.807) is 0 Å². The van der Waals surface area contributed by atoms with Crippen molar-refractivity contribution in [3.63, 3.8) is 0 Å². The maximum Gasteiger partial charge on any atom is 0.408 e. The van der Waals surface area contributed by atoms with Crippen LogP contribution in [0.3, 0.4) is 0 Å². The maximum atomic E-state index is 14.4. The molecule has 51 heavy (non-hydrogen) atoms. The molecule has 3 N–H and O–H groups in total. The van der Waals surface area contributed by atoms with E-state index < -0.39 is 68.7 Å². The van der Waals surface area contributed by atoms with Crippen molar-refractivity contribution in [3.05, 3.63) is 48.0 Å². The maximum absolute atomic E-state index is 14.4. The number of allylic oxidation sites excluding steroid dienone is 1. The SMILES string of the molecule is CC(C)C/C(=N\O[C@@H]1C[C@H]2C(=O)NC3(C(=O)NS(=O)(=O)C4CC4)C[C@H]3/C=C\CCCCC[C@H](NC(=O)OC3CCC3)C(=O)N2C1)c1ccccc1. The molecule has 1 aromatic carbocycles. The fourth-order valence-corrected chi connectivity index (χ4v) is 8.38. The first-order valence-corrected chi connectivity index (χ1v) is 20.1. The molecule has 2 heterocycles. The molecule has 5 aliphatic rings. The number of carbonyl (C=O) groups is 4. The molecule has 14 heteroatoms. The van der Waals surface area contributed by atoms with Gasteiger partial charge in [-0.1, -0.05) is 74.3 Å². The first kappa shape index (κ1) is 36.8. The van der Waals surface area contributed by atoms with E-state index >= 15 is 0 Å². The van der Waals surface area contributed by atoms with Crippen LogP contribution < -0.4 is 15.4 Å². The molecule has 13 nitrogen and oxygen atoms in total. The summed E-state index contributed by atoms with van der Waals surface area (Å²) in [5.74, 6) is -1.92. The third kappa shape index (κ3) is 9.11. The molecule has 278 valence electrons. The Bertz CT molecular complexity index is 1620. The lowest BCUT2D eigenvalue weighted by Crippen LogP contribution is -2.58. The molecule has 0 aromatic heterocycles. The molecular formula is C37H51N5O8S. The lowest BCUT2D eigenvalue weighted by atomic mass is 9.96. The predicted octanol–water partition coefficient (Wildman–Crippen LogP) is 4.07. The summed E-state index contributed by atoms with van der Waals surface area (Å²) in [6.07, 6.45) is 10.2. The summed E-state index contributed by atoms with van der Waals surface area (Å²) in [6, 6.07) is 7.67. The largest absolute Gasteiger partial charge is 0.446 e. The predicted molar refractivity (Wildman–Crippen MR) is 190 cm³/mol. The van der Waals surface area contributed by atoms with Crippen LogP contribution in [0.4, 0.5) is 4.79 Å². The fraction of sp³-hybridized carbons (Fsp3) is 0.649. The van der Waals surface area contributed by atoms with E-state index in [4.69, 9.17) is 9.57 Å². The zero-order valence-corrected chi connectivity index (χ0v) is 30.4. The zero-order chi connectivity index (χ0) is 36.2. The highest BCUT2D eigenvalue weighted by Crippen LogP contribution is 2.46. The average Bonchev–Trinajstić information content (AvgIpc) is 4.00. The highest BCUT2D eigenvalue weighted by molar-refractivity contribution is 7.91. The van der Waals surface area contributed by atoms with Crippen molar-refractivity contribution in [1.29, 1.82) is 0 Å². The number of nitrogens with zero attached hydrogens (tertiary/aromatic N) is 2. The van der Waals surface area contributed by atoms with Crippen molar-refractivity contribution in [1.82, 2.24) is 20.3 Å². The van der Waals surface area contributed by atoms with Crippen LogP contribution in [-0.4, -0.2) is 84.5 Å². The van der Waals surface area contributed by atoms with E-state index in [0.717, 1.165) is 43.4 Å². The van der Waals surface area contributed by atoms with Gasteiger partial charge in [0.05, 0.1) is 17.5 Å². The van der Waals surface area contributed by atoms with Gasteiger partial charge in [-0.3, -0.25) is 19.1 Å². The second-order valence-corrected chi connectivity index (χ2v) is 17.1.